The molecule has 0 radical (unpaired) electrons. The summed E-state index contributed by atoms with van der Waals surface area (Å²) in [5, 5.41) is 17.3. The second-order valence-corrected chi connectivity index (χ2v) is 3.71. The van der Waals surface area contributed by atoms with E-state index in [2.05, 4.69) is 6.92 Å². The standard InChI is InChI=1S/C11H24O2/c1-2-11(8-10-13)7-5-3-4-6-9-12/h11-13H,2-10H2,1H3. The molecule has 0 aromatic heterocycles. The average Bonchev–Trinajstić information content (AvgIpc) is 2.16. The second kappa shape index (κ2) is 10.0. The Labute approximate surface area is 82.0 Å². The first kappa shape index (κ1) is 12.9. The van der Waals surface area contributed by atoms with E-state index in [4.69, 9.17) is 10.2 Å². The summed E-state index contributed by atoms with van der Waals surface area (Å²) in [5.74, 6) is 0.708. The molecule has 0 aliphatic heterocycles. The van der Waals surface area contributed by atoms with Gasteiger partial charge in [-0.05, 0) is 18.8 Å². The maximum Gasteiger partial charge on any atom is 0.0433 e. The molecule has 2 nitrogen and oxygen atoms in total. The minimum atomic E-state index is 0.327. The van der Waals surface area contributed by atoms with E-state index >= 15 is 0 Å². The Morgan fingerprint density at radius 3 is 2.08 bits per heavy atom. The van der Waals surface area contributed by atoms with Crippen LogP contribution in [0.1, 0.15) is 51.9 Å². The smallest absolute Gasteiger partial charge is 0.0433 e. The van der Waals surface area contributed by atoms with E-state index < -0.39 is 0 Å². The lowest BCUT2D eigenvalue weighted by Crippen LogP contribution is -2.01. The zero-order chi connectivity index (χ0) is 9.94. The van der Waals surface area contributed by atoms with E-state index in [0.29, 0.717) is 19.1 Å². The van der Waals surface area contributed by atoms with Crippen LogP contribution < -0.4 is 0 Å². The van der Waals surface area contributed by atoms with Crippen molar-refractivity contribution in [3.8, 4) is 0 Å². The fraction of sp³-hybridized carbons (Fsp3) is 1.00. The third kappa shape index (κ3) is 8.26. The van der Waals surface area contributed by atoms with E-state index in [1.54, 1.807) is 0 Å². The van der Waals surface area contributed by atoms with Crippen molar-refractivity contribution >= 4 is 0 Å². The van der Waals surface area contributed by atoms with Crippen LogP contribution >= 0.6 is 0 Å². The molecule has 0 rings (SSSR count). The summed E-state index contributed by atoms with van der Waals surface area (Å²) in [7, 11) is 0. The Morgan fingerprint density at radius 2 is 1.54 bits per heavy atom. The molecule has 0 saturated carbocycles. The Balaban J connectivity index is 3.17. The molecule has 0 bridgehead atoms. The molecule has 0 saturated heterocycles. The van der Waals surface area contributed by atoms with Crippen molar-refractivity contribution in [2.45, 2.75) is 51.9 Å². The maximum absolute atomic E-state index is 8.78. The molecule has 0 heterocycles. The van der Waals surface area contributed by atoms with Gasteiger partial charge < -0.3 is 10.2 Å². The van der Waals surface area contributed by atoms with Crippen molar-refractivity contribution in [2.24, 2.45) is 5.92 Å². The zero-order valence-corrected chi connectivity index (χ0v) is 8.84. The number of aliphatic hydroxyl groups excluding tert-OH is 2. The van der Waals surface area contributed by atoms with E-state index in [-0.39, 0.29) is 0 Å². The SMILES string of the molecule is CCC(CCO)CCCCCCO. The van der Waals surface area contributed by atoms with Gasteiger partial charge in [0.25, 0.3) is 0 Å². The molecule has 0 aromatic rings. The monoisotopic (exact) mass is 188 g/mol. The van der Waals surface area contributed by atoms with Gasteiger partial charge in [0.15, 0.2) is 0 Å². The van der Waals surface area contributed by atoms with Crippen LogP contribution in [0.5, 0.6) is 0 Å². The van der Waals surface area contributed by atoms with Gasteiger partial charge in [0.1, 0.15) is 0 Å². The molecule has 0 aromatic carbocycles. The summed E-state index contributed by atoms with van der Waals surface area (Å²) >= 11 is 0. The van der Waals surface area contributed by atoms with Gasteiger partial charge in [-0.1, -0.05) is 39.0 Å². The highest BCUT2D eigenvalue weighted by molar-refractivity contribution is 4.57. The van der Waals surface area contributed by atoms with Crippen molar-refractivity contribution in [1.29, 1.82) is 0 Å². The van der Waals surface area contributed by atoms with Crippen molar-refractivity contribution in [3.63, 3.8) is 0 Å². The van der Waals surface area contributed by atoms with Gasteiger partial charge in [-0.3, -0.25) is 0 Å². The molecule has 0 aliphatic carbocycles. The Kier molecular flexibility index (Phi) is 9.94. The highest BCUT2D eigenvalue weighted by atomic mass is 16.3. The lowest BCUT2D eigenvalue weighted by Gasteiger charge is -2.12. The van der Waals surface area contributed by atoms with E-state index in [1.807, 2.05) is 0 Å². The van der Waals surface area contributed by atoms with Crippen molar-refractivity contribution < 1.29 is 10.2 Å². The number of hydrogen-bond donors (Lipinski definition) is 2. The number of unbranched alkanes of at least 4 members (excludes halogenated alkanes) is 3. The first-order chi connectivity index (χ1) is 6.35. The summed E-state index contributed by atoms with van der Waals surface area (Å²) in [6, 6.07) is 0. The molecule has 1 atom stereocenters. The van der Waals surface area contributed by atoms with Gasteiger partial charge >= 0.3 is 0 Å². The van der Waals surface area contributed by atoms with Gasteiger partial charge in [-0.25, -0.2) is 0 Å². The lowest BCUT2D eigenvalue weighted by molar-refractivity contribution is 0.245. The minimum Gasteiger partial charge on any atom is -0.396 e. The van der Waals surface area contributed by atoms with E-state index in [9.17, 15) is 0 Å². The number of aliphatic hydroxyl groups is 2. The fourth-order valence-electron chi connectivity index (χ4n) is 1.63. The van der Waals surface area contributed by atoms with Crippen LogP contribution in [0.25, 0.3) is 0 Å². The molecule has 2 N–H and O–H groups in total. The van der Waals surface area contributed by atoms with Crippen molar-refractivity contribution in [2.75, 3.05) is 13.2 Å². The lowest BCUT2D eigenvalue weighted by atomic mass is 9.95. The van der Waals surface area contributed by atoms with Crippen LogP contribution in [0.3, 0.4) is 0 Å². The van der Waals surface area contributed by atoms with Crippen LogP contribution in [-0.4, -0.2) is 23.4 Å². The normalized spacial score (nSPS) is 13.2. The Hall–Kier alpha value is -0.0800. The van der Waals surface area contributed by atoms with Gasteiger partial charge in [-0.2, -0.15) is 0 Å². The quantitative estimate of drug-likeness (QED) is 0.545. The van der Waals surface area contributed by atoms with Crippen LogP contribution in [-0.2, 0) is 0 Å². The van der Waals surface area contributed by atoms with Crippen LogP contribution in [0, 0.1) is 5.92 Å². The first-order valence-corrected chi connectivity index (χ1v) is 5.56. The highest BCUT2D eigenvalue weighted by Gasteiger charge is 2.04. The predicted molar refractivity (Wildman–Crippen MR) is 55.7 cm³/mol. The Bertz CT molecular complexity index is 94.1. The van der Waals surface area contributed by atoms with Gasteiger partial charge in [-0.15, -0.1) is 0 Å². The molecule has 0 amide bonds. The number of rotatable bonds is 9. The van der Waals surface area contributed by atoms with Gasteiger partial charge in [0.05, 0.1) is 0 Å². The van der Waals surface area contributed by atoms with Crippen LogP contribution in [0.4, 0.5) is 0 Å². The topological polar surface area (TPSA) is 40.5 Å². The summed E-state index contributed by atoms with van der Waals surface area (Å²) in [4.78, 5) is 0. The highest BCUT2D eigenvalue weighted by Crippen LogP contribution is 2.16. The average molecular weight is 188 g/mol. The van der Waals surface area contributed by atoms with Crippen LogP contribution in [0.2, 0.25) is 0 Å². The van der Waals surface area contributed by atoms with Crippen molar-refractivity contribution in [1.82, 2.24) is 0 Å². The van der Waals surface area contributed by atoms with Gasteiger partial charge in [0.2, 0.25) is 0 Å². The molecule has 1 unspecified atom stereocenters. The third-order valence-electron chi connectivity index (χ3n) is 2.64. The molecule has 80 valence electrons. The second-order valence-electron chi connectivity index (χ2n) is 3.71. The fourth-order valence-corrected chi connectivity index (χ4v) is 1.63. The predicted octanol–water partition coefficient (Wildman–Crippen LogP) is 2.34. The number of hydrogen-bond acceptors (Lipinski definition) is 2. The molecule has 0 aliphatic rings. The minimum absolute atomic E-state index is 0.327. The summed E-state index contributed by atoms with van der Waals surface area (Å²) < 4.78 is 0. The molecular formula is C11H24O2. The molecule has 0 spiro atoms. The zero-order valence-electron chi connectivity index (χ0n) is 8.84. The molecule has 0 fully saturated rings. The summed E-state index contributed by atoms with van der Waals surface area (Å²) in [5.41, 5.74) is 0. The Morgan fingerprint density at radius 1 is 0.846 bits per heavy atom. The molecule has 13 heavy (non-hydrogen) atoms. The molecular weight excluding hydrogens is 164 g/mol. The van der Waals surface area contributed by atoms with E-state index in [1.165, 1.54) is 25.7 Å². The first-order valence-electron chi connectivity index (χ1n) is 5.56. The van der Waals surface area contributed by atoms with E-state index in [0.717, 1.165) is 19.3 Å². The molecule has 2 heteroatoms. The summed E-state index contributed by atoms with van der Waals surface area (Å²) in [6.07, 6.45) is 7.93. The maximum atomic E-state index is 8.78. The van der Waals surface area contributed by atoms with Crippen molar-refractivity contribution in [3.05, 3.63) is 0 Å². The van der Waals surface area contributed by atoms with Crippen LogP contribution in [0.15, 0.2) is 0 Å². The third-order valence-corrected chi connectivity index (χ3v) is 2.64. The van der Waals surface area contributed by atoms with Gasteiger partial charge in [0, 0.05) is 13.2 Å². The largest absolute Gasteiger partial charge is 0.396 e. The summed E-state index contributed by atoms with van der Waals surface area (Å²) in [6.45, 7) is 2.84.